The van der Waals surface area contributed by atoms with Crippen LogP contribution in [-0.2, 0) is 4.74 Å². The summed E-state index contributed by atoms with van der Waals surface area (Å²) in [6.45, 7) is 0. The second-order valence-electron chi connectivity index (χ2n) is 2.71. The summed E-state index contributed by atoms with van der Waals surface area (Å²) >= 11 is 0. The van der Waals surface area contributed by atoms with Gasteiger partial charge < -0.3 is 14.3 Å². The van der Waals surface area contributed by atoms with Crippen molar-refractivity contribution in [2.24, 2.45) is 0 Å². The molecule has 2 aromatic rings. The third-order valence-corrected chi connectivity index (χ3v) is 1.95. The van der Waals surface area contributed by atoms with E-state index < -0.39 is 11.9 Å². The van der Waals surface area contributed by atoms with Crippen molar-refractivity contribution in [2.75, 3.05) is 7.11 Å². The van der Waals surface area contributed by atoms with Crippen LogP contribution in [0.25, 0.3) is 11.2 Å². The molecular formula is C9H6O5. The largest absolute Gasteiger partial charge is 0.478 e. The SMILES string of the molecule is COC(=O)c1c(C(=O)O)c2ccc1o2. The molecule has 2 rings (SSSR count). The van der Waals surface area contributed by atoms with E-state index in [1.807, 2.05) is 0 Å². The topological polar surface area (TPSA) is 76.7 Å². The van der Waals surface area contributed by atoms with E-state index in [0.29, 0.717) is 0 Å². The Morgan fingerprint density at radius 2 is 1.86 bits per heavy atom. The first-order valence-corrected chi connectivity index (χ1v) is 3.81. The molecule has 0 spiro atoms. The molecule has 0 amide bonds. The Morgan fingerprint density at radius 1 is 1.29 bits per heavy atom. The van der Waals surface area contributed by atoms with Gasteiger partial charge in [-0.1, -0.05) is 0 Å². The zero-order valence-corrected chi connectivity index (χ0v) is 7.23. The molecule has 1 N–H and O–H groups in total. The summed E-state index contributed by atoms with van der Waals surface area (Å²) in [5, 5.41) is 8.84. The quantitative estimate of drug-likeness (QED) is 0.730. The van der Waals surface area contributed by atoms with Crippen LogP contribution in [0.3, 0.4) is 0 Å². The van der Waals surface area contributed by atoms with Gasteiger partial charge in [-0.25, -0.2) is 9.59 Å². The third kappa shape index (κ3) is 0.953. The molecule has 0 saturated heterocycles. The van der Waals surface area contributed by atoms with E-state index in [0.717, 1.165) is 0 Å². The number of carbonyl (C=O) groups is 2. The number of methoxy groups -OCH3 is 1. The number of rotatable bonds is 2. The van der Waals surface area contributed by atoms with Crippen molar-refractivity contribution in [3.05, 3.63) is 23.3 Å². The van der Waals surface area contributed by atoms with Crippen LogP contribution < -0.4 is 0 Å². The highest BCUT2D eigenvalue weighted by Crippen LogP contribution is 2.29. The fourth-order valence-electron chi connectivity index (χ4n) is 1.37. The van der Waals surface area contributed by atoms with Gasteiger partial charge in [-0.3, -0.25) is 0 Å². The zero-order valence-electron chi connectivity index (χ0n) is 7.23. The van der Waals surface area contributed by atoms with Crippen LogP contribution in [0.2, 0.25) is 0 Å². The van der Waals surface area contributed by atoms with Gasteiger partial charge in [0.2, 0.25) is 0 Å². The van der Waals surface area contributed by atoms with E-state index in [1.165, 1.54) is 19.2 Å². The summed E-state index contributed by atoms with van der Waals surface area (Å²) in [6.07, 6.45) is 0. The summed E-state index contributed by atoms with van der Waals surface area (Å²) in [5.41, 5.74) is 0.281. The van der Waals surface area contributed by atoms with Gasteiger partial charge in [0.05, 0.1) is 7.11 Å². The van der Waals surface area contributed by atoms with Crippen molar-refractivity contribution in [3.63, 3.8) is 0 Å². The number of furan rings is 2. The number of carboxylic acid groups (broad SMARTS) is 1. The second kappa shape index (κ2) is 2.73. The summed E-state index contributed by atoms with van der Waals surface area (Å²) in [5.74, 6) is -1.89. The number of carboxylic acids is 1. The van der Waals surface area contributed by atoms with Crippen molar-refractivity contribution >= 4 is 23.1 Å². The monoisotopic (exact) mass is 194 g/mol. The van der Waals surface area contributed by atoms with Crippen LogP contribution in [0.15, 0.2) is 16.5 Å². The molecular weight excluding hydrogens is 188 g/mol. The lowest BCUT2D eigenvalue weighted by molar-refractivity contribution is 0.0586. The maximum absolute atomic E-state index is 11.2. The summed E-state index contributed by atoms with van der Waals surface area (Å²) < 4.78 is 9.51. The number of hydrogen-bond donors (Lipinski definition) is 1. The van der Waals surface area contributed by atoms with Crippen molar-refractivity contribution in [3.8, 4) is 0 Å². The van der Waals surface area contributed by atoms with Crippen LogP contribution in [0.4, 0.5) is 0 Å². The predicted molar refractivity (Wildman–Crippen MR) is 45.7 cm³/mol. The van der Waals surface area contributed by atoms with E-state index in [1.54, 1.807) is 0 Å². The lowest BCUT2D eigenvalue weighted by Crippen LogP contribution is -2.08. The van der Waals surface area contributed by atoms with Gasteiger partial charge in [0.15, 0.2) is 0 Å². The van der Waals surface area contributed by atoms with E-state index in [-0.39, 0.29) is 22.3 Å². The highest BCUT2D eigenvalue weighted by atomic mass is 16.5. The number of ether oxygens (including phenoxy) is 1. The molecule has 5 nitrogen and oxygen atoms in total. The summed E-state index contributed by atoms with van der Waals surface area (Å²) in [6, 6.07) is 3.04. The summed E-state index contributed by atoms with van der Waals surface area (Å²) in [4.78, 5) is 22.0. The molecule has 14 heavy (non-hydrogen) atoms. The smallest absolute Gasteiger partial charge is 0.342 e. The molecule has 0 aliphatic heterocycles. The van der Waals surface area contributed by atoms with Gasteiger partial charge in [-0.15, -0.1) is 0 Å². The van der Waals surface area contributed by atoms with Crippen LogP contribution in [-0.4, -0.2) is 24.2 Å². The van der Waals surface area contributed by atoms with Crippen molar-refractivity contribution < 1.29 is 23.8 Å². The lowest BCUT2D eigenvalue weighted by atomic mass is 10.1. The third-order valence-electron chi connectivity index (χ3n) is 1.95. The minimum atomic E-state index is -1.19. The average Bonchev–Trinajstić information content (AvgIpc) is 2.74. The van der Waals surface area contributed by atoms with E-state index >= 15 is 0 Å². The Bertz CT molecular complexity index is 496. The first kappa shape index (κ1) is 8.55. The Hall–Kier alpha value is -2.04. The molecule has 0 saturated carbocycles. The maximum Gasteiger partial charge on any atom is 0.342 e. The molecule has 2 aromatic heterocycles. The number of aromatic carboxylic acids is 1. The van der Waals surface area contributed by atoms with Crippen molar-refractivity contribution in [2.45, 2.75) is 0 Å². The molecule has 0 aliphatic carbocycles. The van der Waals surface area contributed by atoms with Gasteiger partial charge in [-0.05, 0) is 12.1 Å². The highest BCUT2D eigenvalue weighted by Gasteiger charge is 2.27. The molecule has 72 valence electrons. The van der Waals surface area contributed by atoms with Gasteiger partial charge >= 0.3 is 11.9 Å². The second-order valence-corrected chi connectivity index (χ2v) is 2.71. The molecule has 2 bridgehead atoms. The van der Waals surface area contributed by atoms with E-state index in [4.69, 9.17) is 9.52 Å². The minimum absolute atomic E-state index is 0.0162. The number of esters is 1. The lowest BCUT2D eigenvalue weighted by Gasteiger charge is -1.98. The molecule has 0 aromatic carbocycles. The van der Waals surface area contributed by atoms with E-state index in [9.17, 15) is 9.59 Å². The van der Waals surface area contributed by atoms with Crippen LogP contribution in [0.1, 0.15) is 20.7 Å². The Kier molecular flexibility index (Phi) is 1.67. The number of fused-ring (bicyclic) bond motifs is 2. The molecule has 0 unspecified atom stereocenters. The number of benzene rings is 1. The van der Waals surface area contributed by atoms with Gasteiger partial charge in [0.1, 0.15) is 22.3 Å². The number of carbonyl (C=O) groups excluding carboxylic acids is 1. The fourth-order valence-corrected chi connectivity index (χ4v) is 1.37. The zero-order chi connectivity index (χ0) is 10.3. The van der Waals surface area contributed by atoms with Crippen molar-refractivity contribution in [1.29, 1.82) is 0 Å². The van der Waals surface area contributed by atoms with Crippen LogP contribution in [0, 0.1) is 0 Å². The molecule has 0 fully saturated rings. The molecule has 0 radical (unpaired) electrons. The van der Waals surface area contributed by atoms with Gasteiger partial charge in [-0.2, -0.15) is 0 Å². The molecule has 0 aliphatic rings. The van der Waals surface area contributed by atoms with Crippen LogP contribution in [0.5, 0.6) is 0 Å². The molecule has 0 atom stereocenters. The standard InChI is InChI=1S/C9H6O5/c1-13-9(12)7-5-3-2-4(14-5)6(7)8(10)11/h2-3H,1H3,(H,10,11). The first-order valence-electron chi connectivity index (χ1n) is 3.81. The molecule has 5 heteroatoms. The maximum atomic E-state index is 11.2. The normalized spacial score (nSPS) is 10.6. The van der Waals surface area contributed by atoms with Crippen LogP contribution >= 0.6 is 0 Å². The fraction of sp³-hybridized carbons (Fsp3) is 0.111. The average molecular weight is 194 g/mol. The number of hydrogen-bond acceptors (Lipinski definition) is 4. The van der Waals surface area contributed by atoms with Gasteiger partial charge in [0, 0.05) is 0 Å². The Balaban J connectivity index is 2.69. The van der Waals surface area contributed by atoms with Gasteiger partial charge in [0.25, 0.3) is 0 Å². The van der Waals surface area contributed by atoms with Crippen molar-refractivity contribution in [1.82, 2.24) is 0 Å². The van der Waals surface area contributed by atoms with E-state index in [2.05, 4.69) is 4.74 Å². The summed E-state index contributed by atoms with van der Waals surface area (Å²) in [7, 11) is 1.19. The Morgan fingerprint density at radius 3 is 2.36 bits per heavy atom. The molecule has 2 heterocycles. The highest BCUT2D eigenvalue weighted by molar-refractivity contribution is 6.12. The minimum Gasteiger partial charge on any atom is -0.478 e. The first-order chi connectivity index (χ1) is 6.65. The predicted octanol–water partition coefficient (Wildman–Crippen LogP) is 1.36. The Labute approximate surface area is 78.2 Å².